The van der Waals surface area contributed by atoms with Crippen molar-refractivity contribution in [2.45, 2.75) is 50.5 Å². The fourth-order valence-corrected chi connectivity index (χ4v) is 7.19. The first-order valence-corrected chi connectivity index (χ1v) is 16.5. The summed E-state index contributed by atoms with van der Waals surface area (Å²) in [7, 11) is -3.14. The van der Waals surface area contributed by atoms with Gasteiger partial charge in [-0.05, 0) is 61.9 Å². The molecular weight excluding hydrogens is 622 g/mol. The molecule has 46 heavy (non-hydrogen) atoms. The van der Waals surface area contributed by atoms with E-state index < -0.39 is 46.0 Å². The van der Waals surface area contributed by atoms with Gasteiger partial charge < -0.3 is 24.8 Å². The summed E-state index contributed by atoms with van der Waals surface area (Å²) in [5, 5.41) is 10.3. The zero-order valence-corrected chi connectivity index (χ0v) is 25.8. The van der Waals surface area contributed by atoms with Gasteiger partial charge in [0.1, 0.15) is 12.4 Å². The molecule has 3 aromatic carbocycles. The van der Waals surface area contributed by atoms with E-state index in [4.69, 9.17) is 14.2 Å². The van der Waals surface area contributed by atoms with Crippen LogP contribution in [-0.4, -0.2) is 78.3 Å². The molecular formula is C32H32F2N4O7S. The third kappa shape index (κ3) is 6.76. The third-order valence-electron chi connectivity index (χ3n) is 7.88. The van der Waals surface area contributed by atoms with Crippen LogP contribution in [0.4, 0.5) is 8.78 Å². The molecule has 2 amide bonds. The van der Waals surface area contributed by atoms with Gasteiger partial charge in [0.2, 0.25) is 0 Å². The Balaban J connectivity index is 1.23. The van der Waals surface area contributed by atoms with Crippen molar-refractivity contribution in [3.05, 3.63) is 78.5 Å². The minimum Gasteiger partial charge on any atom is -0.486 e. The number of para-hydroxylation sites is 2. The number of alkyl halides is 2. The molecule has 1 fully saturated rings. The van der Waals surface area contributed by atoms with Crippen LogP contribution in [0.15, 0.2) is 72.9 Å². The van der Waals surface area contributed by atoms with Gasteiger partial charge in [0, 0.05) is 23.9 Å². The van der Waals surface area contributed by atoms with Crippen molar-refractivity contribution in [1.29, 1.82) is 0 Å². The van der Waals surface area contributed by atoms with Crippen molar-refractivity contribution in [2.75, 3.05) is 18.1 Å². The van der Waals surface area contributed by atoms with Crippen molar-refractivity contribution in [1.82, 2.24) is 20.4 Å². The van der Waals surface area contributed by atoms with Crippen LogP contribution in [0.25, 0.3) is 16.6 Å². The lowest BCUT2D eigenvalue weighted by Gasteiger charge is -2.35. The average Bonchev–Trinajstić information content (AvgIpc) is 3.60. The zero-order chi connectivity index (χ0) is 32.6. The first kappa shape index (κ1) is 31.3. The van der Waals surface area contributed by atoms with E-state index in [0.29, 0.717) is 52.7 Å². The third-order valence-corrected chi connectivity index (χ3v) is 9.65. The number of ether oxygens (including phenoxy) is 3. The maximum Gasteiger partial charge on any atom is 0.321 e. The molecule has 242 valence electrons. The summed E-state index contributed by atoms with van der Waals surface area (Å²) in [4.78, 5) is 25.0. The Morgan fingerprint density at radius 1 is 1.09 bits per heavy atom. The molecule has 0 aliphatic carbocycles. The number of hydrogen-bond donors (Lipinski definition) is 2. The number of amides is 2. The van der Waals surface area contributed by atoms with Crippen molar-refractivity contribution in [2.24, 2.45) is 0 Å². The highest BCUT2D eigenvalue weighted by Gasteiger charge is 2.39. The van der Waals surface area contributed by atoms with E-state index in [-0.39, 0.29) is 24.0 Å². The molecule has 0 bridgehead atoms. The van der Waals surface area contributed by atoms with Gasteiger partial charge >= 0.3 is 5.92 Å². The van der Waals surface area contributed by atoms with Gasteiger partial charge in [-0.2, -0.15) is 13.9 Å². The fraction of sp³-hybridized carbons (Fsp3) is 0.344. The molecule has 0 saturated carbocycles. The van der Waals surface area contributed by atoms with Crippen LogP contribution in [0, 0.1) is 0 Å². The topological polar surface area (TPSA) is 138 Å². The Kier molecular flexibility index (Phi) is 8.32. The number of carbonyl (C=O) groups is 2. The summed E-state index contributed by atoms with van der Waals surface area (Å²) in [6.45, 7) is 2.14. The Hall–Kier alpha value is -4.72. The van der Waals surface area contributed by atoms with Gasteiger partial charge in [-0.3, -0.25) is 9.59 Å². The number of sulfone groups is 1. The highest BCUT2D eigenvalue weighted by atomic mass is 32.2. The number of aromatic nitrogens is 2. The van der Waals surface area contributed by atoms with E-state index in [1.165, 1.54) is 0 Å². The maximum atomic E-state index is 13.7. The second kappa shape index (κ2) is 12.2. The second-order valence-corrected chi connectivity index (χ2v) is 13.8. The van der Waals surface area contributed by atoms with E-state index in [9.17, 15) is 26.8 Å². The lowest BCUT2D eigenvalue weighted by Crippen LogP contribution is -2.56. The smallest absolute Gasteiger partial charge is 0.321 e. The van der Waals surface area contributed by atoms with E-state index in [1.807, 2.05) is 0 Å². The van der Waals surface area contributed by atoms with Crippen LogP contribution in [0.1, 0.15) is 30.6 Å². The van der Waals surface area contributed by atoms with Crippen LogP contribution in [0.3, 0.4) is 0 Å². The largest absolute Gasteiger partial charge is 0.486 e. The summed E-state index contributed by atoms with van der Waals surface area (Å²) in [5.74, 6) is -4.03. The summed E-state index contributed by atoms with van der Waals surface area (Å²) in [6, 6.07) is 17.7. The molecule has 0 spiro atoms. The molecule has 2 aliphatic rings. The number of nitrogens with zero attached hydrogens (tertiary/aromatic N) is 2. The van der Waals surface area contributed by atoms with Crippen LogP contribution >= 0.6 is 0 Å². The Bertz CT molecular complexity index is 1890. The predicted molar refractivity (Wildman–Crippen MR) is 165 cm³/mol. The highest BCUT2D eigenvalue weighted by molar-refractivity contribution is 7.91. The minimum atomic E-state index is -3.59. The summed E-state index contributed by atoms with van der Waals surface area (Å²) in [5.41, 5.74) is 1.66. The SMILES string of the molecule is C[C@H](NC(=O)C(C)(F)F)[C@@H](Oc1ccc2c(cnn2-c2cccc(C(=O)N[C@@H]3CCS(=O)(=O)C3)c2)c1)C1COc2ccccc2O1. The number of fused-ring (bicyclic) bond motifs is 2. The minimum absolute atomic E-state index is 0.0569. The number of halogens is 2. The van der Waals surface area contributed by atoms with Crippen LogP contribution < -0.4 is 24.8 Å². The van der Waals surface area contributed by atoms with Crippen molar-refractivity contribution in [3.8, 4) is 22.9 Å². The molecule has 2 N–H and O–H groups in total. The molecule has 4 aromatic rings. The van der Waals surface area contributed by atoms with Crippen molar-refractivity contribution >= 4 is 32.6 Å². The van der Waals surface area contributed by atoms with Crippen LogP contribution in [0.5, 0.6) is 17.2 Å². The van der Waals surface area contributed by atoms with Gasteiger partial charge in [0.25, 0.3) is 11.8 Å². The molecule has 1 unspecified atom stereocenters. The molecule has 11 nitrogen and oxygen atoms in total. The number of hydrogen-bond acceptors (Lipinski definition) is 8. The molecule has 1 saturated heterocycles. The number of nitrogens with one attached hydrogen (secondary N) is 2. The highest BCUT2D eigenvalue weighted by Crippen LogP contribution is 2.33. The summed E-state index contributed by atoms with van der Waals surface area (Å²) in [6.07, 6.45) is 0.336. The lowest BCUT2D eigenvalue weighted by atomic mass is 10.1. The number of benzene rings is 3. The van der Waals surface area contributed by atoms with Crippen LogP contribution in [0.2, 0.25) is 0 Å². The molecule has 1 aromatic heterocycles. The van der Waals surface area contributed by atoms with Gasteiger partial charge in [-0.1, -0.05) is 18.2 Å². The zero-order valence-electron chi connectivity index (χ0n) is 25.0. The summed E-state index contributed by atoms with van der Waals surface area (Å²) >= 11 is 0. The van der Waals surface area contributed by atoms with Crippen molar-refractivity contribution in [3.63, 3.8) is 0 Å². The standard InChI is InChI=1S/C32H32F2N4O7S/c1-19(36-31(40)32(2,33)34)29(28-17-43-26-8-3-4-9-27(26)45-28)44-24-10-11-25-21(15-24)16-35-38(25)23-7-5-6-20(14-23)30(39)37-22-12-13-46(41,42)18-22/h3-11,14-16,19,22,28-29H,12-13,17-18H2,1-2H3,(H,36,40)(H,37,39)/t19-,22+,28?,29+/m0/s1. The lowest BCUT2D eigenvalue weighted by molar-refractivity contribution is -0.145. The Morgan fingerprint density at radius 2 is 1.87 bits per heavy atom. The van der Waals surface area contributed by atoms with Gasteiger partial charge in [0.15, 0.2) is 33.5 Å². The maximum absolute atomic E-state index is 13.7. The van der Waals surface area contributed by atoms with E-state index >= 15 is 0 Å². The summed E-state index contributed by atoms with van der Waals surface area (Å²) < 4.78 is 71.0. The first-order chi connectivity index (χ1) is 21.9. The van der Waals surface area contributed by atoms with Gasteiger partial charge in [-0.25, -0.2) is 13.1 Å². The van der Waals surface area contributed by atoms with E-state index in [0.717, 1.165) is 0 Å². The monoisotopic (exact) mass is 654 g/mol. The predicted octanol–water partition coefficient (Wildman–Crippen LogP) is 3.69. The normalized spacial score (nSPS) is 20.1. The van der Waals surface area contributed by atoms with E-state index in [2.05, 4.69) is 15.7 Å². The van der Waals surface area contributed by atoms with Crippen LogP contribution in [-0.2, 0) is 14.6 Å². The molecule has 4 atom stereocenters. The molecule has 2 aliphatic heterocycles. The molecule has 6 rings (SSSR count). The van der Waals surface area contributed by atoms with Gasteiger partial charge in [0.05, 0.1) is 34.9 Å². The second-order valence-electron chi connectivity index (χ2n) is 11.5. The van der Waals surface area contributed by atoms with Crippen molar-refractivity contribution < 1.29 is 41.0 Å². The molecule has 14 heteroatoms. The number of carbonyl (C=O) groups excluding carboxylic acids is 2. The Labute approximate surface area is 263 Å². The Morgan fingerprint density at radius 3 is 2.61 bits per heavy atom. The average molecular weight is 655 g/mol. The fourth-order valence-electron chi connectivity index (χ4n) is 5.52. The first-order valence-electron chi connectivity index (χ1n) is 14.7. The van der Waals surface area contributed by atoms with E-state index in [1.54, 1.807) is 84.5 Å². The number of rotatable bonds is 9. The van der Waals surface area contributed by atoms with Gasteiger partial charge in [-0.15, -0.1) is 0 Å². The molecule has 0 radical (unpaired) electrons. The quantitative estimate of drug-likeness (QED) is 0.279. The molecule has 3 heterocycles.